The number of ether oxygens (including phenoxy) is 2. The Hall–Kier alpha value is -3.96. The van der Waals surface area contributed by atoms with Crippen LogP contribution < -0.4 is 13.8 Å². The first-order valence-electron chi connectivity index (χ1n) is 11.3. The second-order valence-electron chi connectivity index (χ2n) is 7.83. The van der Waals surface area contributed by atoms with E-state index in [-0.39, 0.29) is 23.5 Å². The molecule has 0 bridgehead atoms. The van der Waals surface area contributed by atoms with Gasteiger partial charge in [0.2, 0.25) is 0 Å². The number of thiazole rings is 1. The number of hydrogen-bond donors (Lipinski definition) is 0. The van der Waals surface area contributed by atoms with Crippen molar-refractivity contribution in [3.05, 3.63) is 83.2 Å². The lowest BCUT2D eigenvalue weighted by molar-refractivity contribution is -0.141. The lowest BCUT2D eigenvalue weighted by Crippen LogP contribution is -2.30. The van der Waals surface area contributed by atoms with Gasteiger partial charge >= 0.3 is 5.97 Å². The summed E-state index contributed by atoms with van der Waals surface area (Å²) in [5, 5.41) is 0. The molecule has 0 atom stereocenters. The Labute approximate surface area is 218 Å². The molecule has 1 aromatic heterocycles. The molecule has 4 aromatic rings. The molecule has 3 aromatic carbocycles. The smallest absolute Gasteiger partial charge is 0.325 e. The summed E-state index contributed by atoms with van der Waals surface area (Å²) >= 11 is 1.23. The highest BCUT2D eigenvalue weighted by Gasteiger charge is 2.24. The molecule has 0 N–H and O–H groups in total. The Kier molecular flexibility index (Phi) is 7.74. The number of fused-ring (bicyclic) bond motifs is 1. The molecule has 1 heterocycles. The number of carbonyl (C=O) groups excluding carboxylic acids is 2. The first-order valence-corrected chi connectivity index (χ1v) is 13.5. The van der Waals surface area contributed by atoms with E-state index < -0.39 is 21.9 Å². The largest absolute Gasteiger partial charge is 0.497 e. The Morgan fingerprint density at radius 2 is 1.70 bits per heavy atom. The van der Waals surface area contributed by atoms with Crippen LogP contribution in [0.1, 0.15) is 17.3 Å². The minimum atomic E-state index is -3.83. The van der Waals surface area contributed by atoms with E-state index in [1.165, 1.54) is 47.0 Å². The molecule has 37 heavy (non-hydrogen) atoms. The molecule has 192 valence electrons. The number of carbonyl (C=O) groups is 2. The van der Waals surface area contributed by atoms with Crippen LogP contribution in [0.4, 0.5) is 5.69 Å². The van der Waals surface area contributed by atoms with Crippen LogP contribution >= 0.6 is 11.3 Å². The Bertz CT molecular complexity index is 1610. The van der Waals surface area contributed by atoms with Gasteiger partial charge in [-0.25, -0.2) is 8.42 Å². The SMILES string of the molecule is CCN(c1ccccc1)S(=O)(=O)c1ccc(C(=O)N=c2sc3cc(OC)ccc3n2CC(=O)OC)cc1. The number of esters is 1. The molecule has 0 aliphatic rings. The molecule has 0 unspecified atom stereocenters. The number of methoxy groups -OCH3 is 2. The van der Waals surface area contributed by atoms with Gasteiger partial charge in [-0.2, -0.15) is 4.99 Å². The number of amides is 1. The molecule has 0 saturated heterocycles. The van der Waals surface area contributed by atoms with Gasteiger partial charge in [0.15, 0.2) is 4.80 Å². The summed E-state index contributed by atoms with van der Waals surface area (Å²) in [4.78, 5) is 29.6. The quantitative estimate of drug-likeness (QED) is 0.315. The molecule has 0 fully saturated rings. The summed E-state index contributed by atoms with van der Waals surface area (Å²) in [7, 11) is -0.988. The molecule has 0 aliphatic heterocycles. The topological polar surface area (TPSA) is 107 Å². The van der Waals surface area contributed by atoms with E-state index in [1.807, 2.05) is 6.07 Å². The van der Waals surface area contributed by atoms with Crippen molar-refractivity contribution in [2.45, 2.75) is 18.4 Å². The van der Waals surface area contributed by atoms with E-state index in [4.69, 9.17) is 9.47 Å². The van der Waals surface area contributed by atoms with Crippen LogP contribution in [0.25, 0.3) is 10.2 Å². The van der Waals surface area contributed by atoms with Crippen molar-refractivity contribution in [1.82, 2.24) is 4.57 Å². The average molecular weight is 540 g/mol. The van der Waals surface area contributed by atoms with Gasteiger partial charge < -0.3 is 14.0 Å². The molecule has 4 rings (SSSR count). The van der Waals surface area contributed by atoms with E-state index in [1.54, 1.807) is 61.1 Å². The van der Waals surface area contributed by atoms with Crippen LogP contribution in [-0.4, -0.2) is 45.6 Å². The lowest BCUT2D eigenvalue weighted by atomic mass is 10.2. The molecular formula is C26H25N3O6S2. The van der Waals surface area contributed by atoms with Gasteiger partial charge in [-0.1, -0.05) is 29.5 Å². The van der Waals surface area contributed by atoms with Crippen molar-refractivity contribution in [1.29, 1.82) is 0 Å². The van der Waals surface area contributed by atoms with E-state index in [0.717, 1.165) is 4.70 Å². The Balaban J connectivity index is 1.69. The van der Waals surface area contributed by atoms with Gasteiger partial charge in [-0.15, -0.1) is 0 Å². The molecule has 0 saturated carbocycles. The molecule has 9 nitrogen and oxygen atoms in total. The van der Waals surface area contributed by atoms with Crippen molar-refractivity contribution >= 4 is 49.1 Å². The fourth-order valence-corrected chi connectivity index (χ4v) is 6.28. The van der Waals surface area contributed by atoms with Crippen LogP contribution in [-0.2, 0) is 26.1 Å². The summed E-state index contributed by atoms with van der Waals surface area (Å²) in [5.41, 5.74) is 1.46. The fraction of sp³-hybridized carbons (Fsp3) is 0.192. The van der Waals surface area contributed by atoms with Crippen LogP contribution in [0.3, 0.4) is 0 Å². The number of anilines is 1. The number of hydrogen-bond acceptors (Lipinski definition) is 7. The first-order chi connectivity index (χ1) is 17.8. The molecule has 0 aliphatic carbocycles. The second-order valence-corrected chi connectivity index (χ2v) is 10.7. The fourth-order valence-electron chi connectivity index (χ4n) is 3.75. The summed E-state index contributed by atoms with van der Waals surface area (Å²) in [6.45, 7) is 1.88. The monoisotopic (exact) mass is 539 g/mol. The lowest BCUT2D eigenvalue weighted by Gasteiger charge is -2.22. The van der Waals surface area contributed by atoms with Crippen molar-refractivity contribution in [2.24, 2.45) is 4.99 Å². The van der Waals surface area contributed by atoms with Crippen molar-refractivity contribution < 1.29 is 27.5 Å². The highest BCUT2D eigenvalue weighted by molar-refractivity contribution is 7.92. The molecule has 11 heteroatoms. The highest BCUT2D eigenvalue weighted by Crippen LogP contribution is 2.25. The van der Waals surface area contributed by atoms with Crippen molar-refractivity contribution in [3.63, 3.8) is 0 Å². The van der Waals surface area contributed by atoms with E-state index in [2.05, 4.69) is 4.99 Å². The zero-order chi connectivity index (χ0) is 26.6. The van der Waals surface area contributed by atoms with E-state index in [9.17, 15) is 18.0 Å². The minimum absolute atomic E-state index is 0.0597. The van der Waals surface area contributed by atoms with Gasteiger partial charge in [-0.3, -0.25) is 13.9 Å². The van der Waals surface area contributed by atoms with Gasteiger partial charge in [0.1, 0.15) is 12.3 Å². The van der Waals surface area contributed by atoms with E-state index in [0.29, 0.717) is 21.8 Å². The normalized spacial score (nSPS) is 11.9. The van der Waals surface area contributed by atoms with Crippen molar-refractivity contribution in [2.75, 3.05) is 25.1 Å². The Morgan fingerprint density at radius 3 is 2.32 bits per heavy atom. The van der Waals surface area contributed by atoms with Gasteiger partial charge in [0.25, 0.3) is 15.9 Å². The van der Waals surface area contributed by atoms with Gasteiger partial charge in [0.05, 0.1) is 35.0 Å². The molecule has 0 radical (unpaired) electrons. The van der Waals surface area contributed by atoms with Crippen molar-refractivity contribution in [3.8, 4) is 5.75 Å². The molecule has 0 spiro atoms. The number of benzene rings is 3. The number of rotatable bonds is 8. The Morgan fingerprint density at radius 1 is 1.00 bits per heavy atom. The summed E-state index contributed by atoms with van der Waals surface area (Å²) in [5.74, 6) is -0.431. The predicted molar refractivity (Wildman–Crippen MR) is 141 cm³/mol. The zero-order valence-corrected chi connectivity index (χ0v) is 22.1. The maximum Gasteiger partial charge on any atom is 0.325 e. The van der Waals surface area contributed by atoms with Crippen LogP contribution in [0.5, 0.6) is 5.75 Å². The van der Waals surface area contributed by atoms with Gasteiger partial charge in [-0.05, 0) is 61.5 Å². The van der Waals surface area contributed by atoms with Gasteiger partial charge in [0, 0.05) is 12.1 Å². The number of aromatic nitrogens is 1. The molecule has 1 amide bonds. The molecular weight excluding hydrogens is 514 g/mol. The maximum atomic E-state index is 13.2. The van der Waals surface area contributed by atoms with Crippen LogP contribution in [0.2, 0.25) is 0 Å². The van der Waals surface area contributed by atoms with Crippen LogP contribution in [0.15, 0.2) is 82.7 Å². The summed E-state index contributed by atoms with van der Waals surface area (Å²) in [6.07, 6.45) is 0. The summed E-state index contributed by atoms with van der Waals surface area (Å²) in [6, 6.07) is 19.8. The maximum absolute atomic E-state index is 13.2. The number of sulfonamides is 1. The predicted octanol–water partition coefficient (Wildman–Crippen LogP) is 3.84. The minimum Gasteiger partial charge on any atom is -0.497 e. The van der Waals surface area contributed by atoms with Crippen LogP contribution in [0, 0.1) is 0 Å². The number of nitrogens with zero attached hydrogens (tertiary/aromatic N) is 3. The second kappa shape index (κ2) is 11.0. The third-order valence-corrected chi connectivity index (χ3v) is 8.58. The third-order valence-electron chi connectivity index (χ3n) is 5.62. The first kappa shape index (κ1) is 26.1. The average Bonchev–Trinajstić information content (AvgIpc) is 3.24. The van der Waals surface area contributed by atoms with E-state index >= 15 is 0 Å². The zero-order valence-electron chi connectivity index (χ0n) is 20.5. The standard InChI is InChI=1S/C26H25N3O6S2/c1-4-29(19-8-6-5-7-9-19)37(32,33)21-13-10-18(11-14-21)25(31)27-26-28(17-24(30)35-3)22-15-12-20(34-2)16-23(22)36-26/h5-16H,4,17H2,1-3H3. The summed E-state index contributed by atoms with van der Waals surface area (Å²) < 4.78 is 40.2. The highest BCUT2D eigenvalue weighted by atomic mass is 32.2. The number of para-hydroxylation sites is 1. The third kappa shape index (κ3) is 5.42.